The van der Waals surface area contributed by atoms with Crippen molar-refractivity contribution < 1.29 is 0 Å². The molecule has 0 amide bonds. The van der Waals surface area contributed by atoms with Crippen molar-refractivity contribution in [1.29, 1.82) is 0 Å². The van der Waals surface area contributed by atoms with E-state index in [0.29, 0.717) is 0 Å². The maximum Gasteiger partial charge on any atom is -0.0307 e. The summed E-state index contributed by atoms with van der Waals surface area (Å²) in [6.45, 7) is 12.8. The fraction of sp³-hybridized carbons (Fsp3) is 0.700. The lowest BCUT2D eigenvalue weighted by Crippen LogP contribution is -1.77. The van der Waals surface area contributed by atoms with E-state index >= 15 is 0 Å². The van der Waals surface area contributed by atoms with Crippen LogP contribution in [0.15, 0.2) is 30.3 Å². The average molecular weight is 279 g/mol. The summed E-state index contributed by atoms with van der Waals surface area (Å²) in [5.41, 5.74) is 1.41. The van der Waals surface area contributed by atoms with Crippen LogP contribution in [-0.4, -0.2) is 0 Å². The van der Waals surface area contributed by atoms with Crippen LogP contribution in [0.25, 0.3) is 0 Å². The predicted molar refractivity (Wildman–Crippen MR) is 95.4 cm³/mol. The van der Waals surface area contributed by atoms with Crippen LogP contribution in [-0.2, 0) is 6.42 Å². The molecule has 0 aromatic heterocycles. The van der Waals surface area contributed by atoms with Crippen molar-refractivity contribution in [2.24, 2.45) is 5.92 Å². The molecular weight excluding hydrogens is 240 g/mol. The van der Waals surface area contributed by atoms with E-state index < -0.39 is 0 Å². The highest BCUT2D eigenvalue weighted by Crippen LogP contribution is 2.15. The van der Waals surface area contributed by atoms with Crippen LogP contribution in [0.1, 0.15) is 85.6 Å². The first-order chi connectivity index (χ1) is 9.70. The standard InChI is InChI=1S/C8H10.C5H10.C5H12.C2H6/c1-2-8-6-4-3-5-7-8;1-2-4-5-3-1;1-4-5(2)3;1-2/h3-7H,2H2,1H3;1-5H2;5H,4H2,1-3H3;1-2H3. The summed E-state index contributed by atoms with van der Waals surface area (Å²) in [5, 5.41) is 0. The van der Waals surface area contributed by atoms with Gasteiger partial charge in [-0.2, -0.15) is 0 Å². The number of hydrogen-bond acceptors (Lipinski definition) is 0. The smallest absolute Gasteiger partial charge is 0.0307 e. The second-order valence-corrected chi connectivity index (χ2v) is 5.41. The molecule has 0 spiro atoms. The Morgan fingerprint density at radius 3 is 1.35 bits per heavy atom. The number of benzene rings is 1. The van der Waals surface area contributed by atoms with Crippen LogP contribution in [0, 0.1) is 5.92 Å². The minimum atomic E-state index is 0.884. The lowest BCUT2D eigenvalue weighted by molar-refractivity contribution is 0.626. The summed E-state index contributed by atoms with van der Waals surface area (Å²) >= 11 is 0. The minimum absolute atomic E-state index is 0.884. The highest BCUT2D eigenvalue weighted by atomic mass is 14.0. The van der Waals surface area contributed by atoms with Gasteiger partial charge < -0.3 is 0 Å². The van der Waals surface area contributed by atoms with Crippen molar-refractivity contribution in [1.82, 2.24) is 0 Å². The van der Waals surface area contributed by atoms with E-state index in [2.05, 4.69) is 52.0 Å². The molecule has 1 fully saturated rings. The minimum Gasteiger partial charge on any atom is -0.0683 e. The highest BCUT2D eigenvalue weighted by Gasteiger charge is 1.95. The Morgan fingerprint density at radius 1 is 0.800 bits per heavy atom. The van der Waals surface area contributed by atoms with Gasteiger partial charge in [0.1, 0.15) is 0 Å². The molecule has 0 heteroatoms. The molecule has 0 radical (unpaired) electrons. The van der Waals surface area contributed by atoms with Crippen LogP contribution >= 0.6 is 0 Å². The Labute approximate surface area is 129 Å². The van der Waals surface area contributed by atoms with E-state index in [1.54, 1.807) is 0 Å². The molecule has 2 rings (SSSR count). The van der Waals surface area contributed by atoms with Crippen molar-refractivity contribution in [2.75, 3.05) is 0 Å². The third-order valence-electron chi connectivity index (χ3n) is 3.32. The Kier molecular flexibility index (Phi) is 19.6. The second-order valence-electron chi connectivity index (χ2n) is 5.41. The fourth-order valence-corrected chi connectivity index (χ4v) is 1.60. The quantitative estimate of drug-likeness (QED) is 0.533. The van der Waals surface area contributed by atoms with Gasteiger partial charge in [-0.15, -0.1) is 0 Å². The van der Waals surface area contributed by atoms with Gasteiger partial charge in [-0.05, 0) is 17.9 Å². The van der Waals surface area contributed by atoms with Crippen LogP contribution < -0.4 is 0 Å². The van der Waals surface area contributed by atoms with E-state index in [-0.39, 0.29) is 0 Å². The van der Waals surface area contributed by atoms with Gasteiger partial charge in [0.2, 0.25) is 0 Å². The molecule has 1 aliphatic carbocycles. The monoisotopic (exact) mass is 278 g/mol. The van der Waals surface area contributed by atoms with E-state index in [1.165, 1.54) is 44.1 Å². The van der Waals surface area contributed by atoms with Gasteiger partial charge >= 0.3 is 0 Å². The first-order valence-corrected chi connectivity index (χ1v) is 8.74. The zero-order valence-electron chi connectivity index (χ0n) is 14.9. The SMILES string of the molecule is C1CCCC1.CC.CCC(C)C.CCc1ccccc1. The van der Waals surface area contributed by atoms with Crippen LogP contribution in [0.3, 0.4) is 0 Å². The lowest BCUT2D eigenvalue weighted by atomic mass is 10.2. The molecular formula is C20H38. The topological polar surface area (TPSA) is 0 Å². The summed E-state index contributed by atoms with van der Waals surface area (Å²) in [4.78, 5) is 0. The summed E-state index contributed by atoms with van der Waals surface area (Å²) in [7, 11) is 0. The molecule has 1 saturated carbocycles. The van der Waals surface area contributed by atoms with Crippen molar-refractivity contribution in [2.45, 2.75) is 86.5 Å². The summed E-state index contributed by atoms with van der Waals surface area (Å²) < 4.78 is 0. The van der Waals surface area contributed by atoms with Crippen molar-refractivity contribution >= 4 is 0 Å². The molecule has 0 bridgehead atoms. The Balaban J connectivity index is 0. The molecule has 118 valence electrons. The maximum absolute atomic E-state index is 2.22. The van der Waals surface area contributed by atoms with Gasteiger partial charge in [0.25, 0.3) is 0 Å². The van der Waals surface area contributed by atoms with Crippen LogP contribution in [0.5, 0.6) is 0 Å². The second kappa shape index (κ2) is 18.2. The lowest BCUT2D eigenvalue weighted by Gasteiger charge is -1.90. The van der Waals surface area contributed by atoms with Crippen molar-refractivity contribution in [3.05, 3.63) is 35.9 Å². The molecule has 0 heterocycles. The van der Waals surface area contributed by atoms with E-state index in [1.807, 2.05) is 19.9 Å². The zero-order valence-corrected chi connectivity index (χ0v) is 14.9. The van der Waals surface area contributed by atoms with Gasteiger partial charge in [0.05, 0.1) is 0 Å². The van der Waals surface area contributed by atoms with Crippen molar-refractivity contribution in [3.8, 4) is 0 Å². The molecule has 0 saturated heterocycles. The highest BCUT2D eigenvalue weighted by molar-refractivity contribution is 5.13. The Hall–Kier alpha value is -0.780. The van der Waals surface area contributed by atoms with Gasteiger partial charge in [-0.25, -0.2) is 0 Å². The normalized spacial score (nSPS) is 12.3. The zero-order chi connectivity index (χ0) is 15.6. The first kappa shape index (κ1) is 21.5. The number of rotatable bonds is 2. The number of aryl methyl sites for hydroxylation is 1. The van der Waals surface area contributed by atoms with Crippen molar-refractivity contribution in [3.63, 3.8) is 0 Å². The molecule has 0 nitrogen and oxygen atoms in total. The molecule has 0 atom stereocenters. The summed E-state index contributed by atoms with van der Waals surface area (Å²) in [6, 6.07) is 10.5. The largest absolute Gasteiger partial charge is 0.0683 e. The maximum atomic E-state index is 2.22. The molecule has 20 heavy (non-hydrogen) atoms. The van der Waals surface area contributed by atoms with Gasteiger partial charge in [-0.3, -0.25) is 0 Å². The molecule has 0 N–H and O–H groups in total. The molecule has 0 aliphatic heterocycles. The van der Waals surface area contributed by atoms with Crippen LogP contribution in [0.2, 0.25) is 0 Å². The molecule has 1 aliphatic rings. The molecule has 0 unspecified atom stereocenters. The van der Waals surface area contributed by atoms with Gasteiger partial charge in [0.15, 0.2) is 0 Å². The van der Waals surface area contributed by atoms with E-state index in [9.17, 15) is 0 Å². The van der Waals surface area contributed by atoms with E-state index in [0.717, 1.165) is 12.3 Å². The average Bonchev–Trinajstić information content (AvgIpc) is 3.10. The number of hydrogen-bond donors (Lipinski definition) is 0. The predicted octanol–water partition coefficient (Wildman–Crippen LogP) is 7.28. The molecule has 1 aromatic carbocycles. The first-order valence-electron chi connectivity index (χ1n) is 8.74. The van der Waals surface area contributed by atoms with Crippen LogP contribution in [0.4, 0.5) is 0 Å². The van der Waals surface area contributed by atoms with Gasteiger partial charge in [-0.1, -0.05) is 110 Å². The molecule has 1 aromatic rings. The summed E-state index contributed by atoms with van der Waals surface area (Å²) in [6.07, 6.45) is 9.95. The Morgan fingerprint density at radius 2 is 1.15 bits per heavy atom. The third kappa shape index (κ3) is 17.2. The Bertz CT molecular complexity index is 236. The van der Waals surface area contributed by atoms with E-state index in [4.69, 9.17) is 0 Å². The van der Waals surface area contributed by atoms with Gasteiger partial charge in [0, 0.05) is 0 Å². The third-order valence-corrected chi connectivity index (χ3v) is 3.32. The summed E-state index contributed by atoms with van der Waals surface area (Å²) in [5.74, 6) is 0.884. The fourth-order valence-electron chi connectivity index (χ4n) is 1.60.